The number of nitrogens with zero attached hydrogens (tertiary/aromatic N) is 1. The SMILES string of the molecule is CCC1CCNC(C(=O)N2CC(C)CC(C)C2)C1. The van der Waals surface area contributed by atoms with E-state index in [1.807, 2.05) is 0 Å². The summed E-state index contributed by atoms with van der Waals surface area (Å²) in [7, 11) is 0. The van der Waals surface area contributed by atoms with Crippen molar-refractivity contribution >= 4 is 5.91 Å². The first-order chi connectivity index (χ1) is 8.60. The van der Waals surface area contributed by atoms with E-state index in [0.717, 1.165) is 32.0 Å². The number of rotatable bonds is 2. The first-order valence-electron chi connectivity index (χ1n) is 7.62. The predicted molar refractivity (Wildman–Crippen MR) is 74.3 cm³/mol. The smallest absolute Gasteiger partial charge is 0.239 e. The predicted octanol–water partition coefficient (Wildman–Crippen LogP) is 2.27. The van der Waals surface area contributed by atoms with Crippen molar-refractivity contribution in [1.29, 1.82) is 0 Å². The molecule has 1 N–H and O–H groups in total. The van der Waals surface area contributed by atoms with E-state index in [1.54, 1.807) is 0 Å². The maximum atomic E-state index is 12.6. The molecule has 0 bridgehead atoms. The monoisotopic (exact) mass is 252 g/mol. The highest BCUT2D eigenvalue weighted by Crippen LogP contribution is 2.24. The summed E-state index contributed by atoms with van der Waals surface area (Å²) in [6.07, 6.45) is 4.74. The summed E-state index contributed by atoms with van der Waals surface area (Å²) in [5.41, 5.74) is 0. The quantitative estimate of drug-likeness (QED) is 0.817. The van der Waals surface area contributed by atoms with Gasteiger partial charge in [0, 0.05) is 13.1 Å². The zero-order valence-corrected chi connectivity index (χ0v) is 12.1. The first-order valence-corrected chi connectivity index (χ1v) is 7.62. The van der Waals surface area contributed by atoms with Crippen molar-refractivity contribution in [1.82, 2.24) is 10.2 Å². The van der Waals surface area contributed by atoms with Gasteiger partial charge in [-0.1, -0.05) is 27.2 Å². The minimum absolute atomic E-state index is 0.0844. The zero-order chi connectivity index (χ0) is 13.1. The van der Waals surface area contributed by atoms with Gasteiger partial charge in [-0.2, -0.15) is 0 Å². The number of piperidine rings is 2. The Hall–Kier alpha value is -0.570. The Labute approximate surface area is 111 Å². The molecule has 0 spiro atoms. The van der Waals surface area contributed by atoms with E-state index in [0.29, 0.717) is 17.7 Å². The summed E-state index contributed by atoms with van der Waals surface area (Å²) >= 11 is 0. The summed E-state index contributed by atoms with van der Waals surface area (Å²) in [5, 5.41) is 3.42. The number of hydrogen-bond acceptors (Lipinski definition) is 2. The van der Waals surface area contributed by atoms with Crippen LogP contribution in [0.1, 0.15) is 46.5 Å². The number of hydrogen-bond donors (Lipinski definition) is 1. The van der Waals surface area contributed by atoms with Crippen LogP contribution in [0.15, 0.2) is 0 Å². The molecule has 2 fully saturated rings. The average Bonchev–Trinajstić information content (AvgIpc) is 2.37. The van der Waals surface area contributed by atoms with Gasteiger partial charge in [0.15, 0.2) is 0 Å². The molecule has 3 nitrogen and oxygen atoms in total. The second-order valence-electron chi connectivity index (χ2n) is 6.49. The van der Waals surface area contributed by atoms with Crippen LogP contribution in [0.3, 0.4) is 0 Å². The molecule has 0 aromatic carbocycles. The number of amides is 1. The number of carbonyl (C=O) groups excluding carboxylic acids is 1. The minimum atomic E-state index is 0.0844. The van der Waals surface area contributed by atoms with Crippen molar-refractivity contribution in [3.05, 3.63) is 0 Å². The molecule has 2 rings (SSSR count). The topological polar surface area (TPSA) is 32.3 Å². The minimum Gasteiger partial charge on any atom is -0.341 e. The van der Waals surface area contributed by atoms with Gasteiger partial charge >= 0.3 is 0 Å². The Morgan fingerprint density at radius 2 is 1.89 bits per heavy atom. The molecule has 0 aromatic heterocycles. The van der Waals surface area contributed by atoms with Gasteiger partial charge in [0.1, 0.15) is 0 Å². The van der Waals surface area contributed by atoms with Crippen molar-refractivity contribution in [2.75, 3.05) is 19.6 Å². The highest BCUT2D eigenvalue weighted by Gasteiger charge is 2.32. The summed E-state index contributed by atoms with van der Waals surface area (Å²) in [4.78, 5) is 14.7. The van der Waals surface area contributed by atoms with Gasteiger partial charge in [-0.25, -0.2) is 0 Å². The van der Waals surface area contributed by atoms with E-state index in [9.17, 15) is 4.79 Å². The Morgan fingerprint density at radius 1 is 1.22 bits per heavy atom. The second-order valence-corrected chi connectivity index (χ2v) is 6.49. The summed E-state index contributed by atoms with van der Waals surface area (Å²) in [5.74, 6) is 2.40. The van der Waals surface area contributed by atoms with Crippen LogP contribution in [0.2, 0.25) is 0 Å². The van der Waals surface area contributed by atoms with E-state index in [1.165, 1.54) is 19.3 Å². The van der Waals surface area contributed by atoms with Crippen LogP contribution in [-0.2, 0) is 4.79 Å². The third-order valence-corrected chi connectivity index (χ3v) is 4.57. The lowest BCUT2D eigenvalue weighted by Gasteiger charge is -2.39. The molecule has 2 aliphatic rings. The molecule has 0 aromatic rings. The highest BCUT2D eigenvalue weighted by atomic mass is 16.2. The maximum Gasteiger partial charge on any atom is 0.239 e. The van der Waals surface area contributed by atoms with Crippen LogP contribution in [-0.4, -0.2) is 36.5 Å². The molecule has 2 heterocycles. The molecule has 4 atom stereocenters. The lowest BCUT2D eigenvalue weighted by molar-refractivity contribution is -0.137. The van der Waals surface area contributed by atoms with E-state index < -0.39 is 0 Å². The van der Waals surface area contributed by atoms with Crippen LogP contribution < -0.4 is 5.32 Å². The average molecular weight is 252 g/mol. The van der Waals surface area contributed by atoms with E-state index in [-0.39, 0.29) is 6.04 Å². The summed E-state index contributed by atoms with van der Waals surface area (Å²) in [6.45, 7) is 9.69. The normalized spacial score (nSPS) is 37.6. The molecule has 104 valence electrons. The van der Waals surface area contributed by atoms with Gasteiger partial charge in [0.05, 0.1) is 6.04 Å². The fourth-order valence-corrected chi connectivity index (χ4v) is 3.62. The Bertz CT molecular complexity index is 282. The molecule has 18 heavy (non-hydrogen) atoms. The molecule has 0 radical (unpaired) electrons. The van der Waals surface area contributed by atoms with Gasteiger partial charge in [-0.3, -0.25) is 4.79 Å². The third kappa shape index (κ3) is 3.25. The maximum absolute atomic E-state index is 12.6. The van der Waals surface area contributed by atoms with Gasteiger partial charge in [0.25, 0.3) is 0 Å². The largest absolute Gasteiger partial charge is 0.341 e. The number of nitrogens with one attached hydrogen (secondary N) is 1. The van der Waals surface area contributed by atoms with Crippen LogP contribution in [0, 0.1) is 17.8 Å². The summed E-state index contributed by atoms with van der Waals surface area (Å²) < 4.78 is 0. The van der Waals surface area contributed by atoms with Crippen molar-refractivity contribution in [3.8, 4) is 0 Å². The fraction of sp³-hybridized carbons (Fsp3) is 0.933. The fourth-order valence-electron chi connectivity index (χ4n) is 3.62. The molecule has 2 saturated heterocycles. The molecule has 0 aliphatic carbocycles. The van der Waals surface area contributed by atoms with E-state index >= 15 is 0 Å². The van der Waals surface area contributed by atoms with Crippen LogP contribution >= 0.6 is 0 Å². The third-order valence-electron chi connectivity index (χ3n) is 4.57. The van der Waals surface area contributed by atoms with Crippen molar-refractivity contribution in [2.24, 2.45) is 17.8 Å². The molecule has 2 aliphatic heterocycles. The van der Waals surface area contributed by atoms with Crippen LogP contribution in [0.5, 0.6) is 0 Å². The molecule has 4 unspecified atom stereocenters. The highest BCUT2D eigenvalue weighted by molar-refractivity contribution is 5.82. The van der Waals surface area contributed by atoms with Crippen LogP contribution in [0.25, 0.3) is 0 Å². The van der Waals surface area contributed by atoms with Crippen LogP contribution in [0.4, 0.5) is 0 Å². The van der Waals surface area contributed by atoms with E-state index in [2.05, 4.69) is 31.0 Å². The van der Waals surface area contributed by atoms with Crippen molar-refractivity contribution < 1.29 is 4.79 Å². The first kappa shape index (κ1) is 13.9. The molecule has 0 saturated carbocycles. The second kappa shape index (κ2) is 6.05. The Balaban J connectivity index is 1.93. The molecular formula is C15H28N2O. The van der Waals surface area contributed by atoms with Crippen molar-refractivity contribution in [3.63, 3.8) is 0 Å². The van der Waals surface area contributed by atoms with Gasteiger partial charge in [-0.15, -0.1) is 0 Å². The standard InChI is InChI=1S/C15H28N2O/c1-4-13-5-6-16-14(8-13)15(18)17-9-11(2)7-12(3)10-17/h11-14,16H,4-10H2,1-3H3. The number of likely N-dealkylation sites (tertiary alicyclic amines) is 1. The summed E-state index contributed by atoms with van der Waals surface area (Å²) in [6, 6.07) is 0.0844. The molecular weight excluding hydrogens is 224 g/mol. The van der Waals surface area contributed by atoms with Gasteiger partial charge < -0.3 is 10.2 Å². The molecule has 1 amide bonds. The van der Waals surface area contributed by atoms with Crippen molar-refractivity contribution in [2.45, 2.75) is 52.5 Å². The Morgan fingerprint density at radius 3 is 2.50 bits per heavy atom. The van der Waals surface area contributed by atoms with Gasteiger partial charge in [-0.05, 0) is 43.6 Å². The zero-order valence-electron chi connectivity index (χ0n) is 12.1. The lowest BCUT2D eigenvalue weighted by Crippen LogP contribution is -2.53. The lowest BCUT2D eigenvalue weighted by atomic mass is 9.88. The van der Waals surface area contributed by atoms with Gasteiger partial charge in [0.2, 0.25) is 5.91 Å². The van der Waals surface area contributed by atoms with E-state index in [4.69, 9.17) is 0 Å². The number of carbonyl (C=O) groups is 1. The Kier molecular flexibility index (Phi) is 4.66. The molecule has 3 heteroatoms.